The number of thioether (sulfide) groups is 1. The maximum Gasteiger partial charge on any atom is 0.0727 e. The van der Waals surface area contributed by atoms with Crippen LogP contribution >= 0.6 is 11.8 Å². The predicted molar refractivity (Wildman–Crippen MR) is 73.2 cm³/mol. The molecule has 0 unspecified atom stereocenters. The normalized spacial score (nSPS) is 24.5. The van der Waals surface area contributed by atoms with Gasteiger partial charge in [0.1, 0.15) is 0 Å². The highest BCUT2D eigenvalue weighted by Crippen LogP contribution is 2.31. The minimum atomic E-state index is 0.702. The van der Waals surface area contributed by atoms with Gasteiger partial charge < -0.3 is 0 Å². The molecule has 1 saturated carbocycles. The maximum absolute atomic E-state index is 4.43. The van der Waals surface area contributed by atoms with Crippen LogP contribution in [-0.2, 0) is 6.54 Å². The molecular formula is C13H21N3S. The molecule has 0 saturated heterocycles. The minimum absolute atomic E-state index is 0.702. The van der Waals surface area contributed by atoms with Crippen molar-refractivity contribution in [3.63, 3.8) is 0 Å². The van der Waals surface area contributed by atoms with E-state index in [0.717, 1.165) is 23.2 Å². The third-order valence-electron chi connectivity index (χ3n) is 3.53. The Hall–Kier alpha value is -0.610. The van der Waals surface area contributed by atoms with Crippen molar-refractivity contribution in [3.05, 3.63) is 23.8 Å². The molecule has 0 aromatic carbocycles. The summed E-state index contributed by atoms with van der Waals surface area (Å²) in [6, 6.07) is 0.702. The molecule has 4 heteroatoms. The highest BCUT2D eigenvalue weighted by molar-refractivity contribution is 7.99. The molecule has 1 heterocycles. The Bertz CT molecular complexity index is 352. The van der Waals surface area contributed by atoms with Crippen LogP contribution in [-0.4, -0.2) is 39.5 Å². The van der Waals surface area contributed by atoms with E-state index in [0.29, 0.717) is 6.04 Å². The lowest BCUT2D eigenvalue weighted by atomic mass is 10.2. The topological polar surface area (TPSA) is 29.0 Å². The molecule has 0 aliphatic heterocycles. The summed E-state index contributed by atoms with van der Waals surface area (Å²) in [6.45, 7) is 2.89. The van der Waals surface area contributed by atoms with E-state index in [2.05, 4.69) is 28.2 Å². The molecule has 1 aromatic rings. The van der Waals surface area contributed by atoms with E-state index < -0.39 is 0 Å². The highest BCUT2D eigenvalue weighted by atomic mass is 32.2. The van der Waals surface area contributed by atoms with Crippen LogP contribution in [0.1, 0.15) is 30.7 Å². The van der Waals surface area contributed by atoms with Crippen molar-refractivity contribution in [2.45, 2.75) is 44.0 Å². The lowest BCUT2D eigenvalue weighted by Gasteiger charge is -2.28. The van der Waals surface area contributed by atoms with E-state index in [9.17, 15) is 0 Å². The number of nitrogens with zero attached hydrogens (tertiary/aromatic N) is 3. The van der Waals surface area contributed by atoms with Crippen LogP contribution in [0.3, 0.4) is 0 Å². The van der Waals surface area contributed by atoms with Crippen molar-refractivity contribution in [2.24, 2.45) is 0 Å². The molecule has 1 aromatic heterocycles. The first kappa shape index (κ1) is 12.8. The molecule has 17 heavy (non-hydrogen) atoms. The standard InChI is InChI=1S/C13H21N3S/c1-10-7-15-11(8-14-10)9-16(2)12-5-4-6-13(12)17-3/h7-8,12-13H,4-6,9H2,1-3H3/t12-,13-/m1/s1. The maximum atomic E-state index is 4.43. The molecule has 1 aliphatic carbocycles. The summed E-state index contributed by atoms with van der Waals surface area (Å²) in [4.78, 5) is 11.2. The summed E-state index contributed by atoms with van der Waals surface area (Å²) >= 11 is 2.00. The first-order chi connectivity index (χ1) is 8.20. The molecule has 3 nitrogen and oxygen atoms in total. The van der Waals surface area contributed by atoms with Crippen LogP contribution in [0, 0.1) is 6.92 Å². The molecule has 0 N–H and O–H groups in total. The van der Waals surface area contributed by atoms with Crippen LogP contribution in [0.25, 0.3) is 0 Å². The molecule has 1 fully saturated rings. The number of hydrogen-bond donors (Lipinski definition) is 0. The summed E-state index contributed by atoms with van der Waals surface area (Å²) in [5, 5.41) is 0.790. The van der Waals surface area contributed by atoms with Gasteiger partial charge in [-0.05, 0) is 33.1 Å². The van der Waals surface area contributed by atoms with Crippen molar-refractivity contribution < 1.29 is 0 Å². The number of aryl methyl sites for hydroxylation is 1. The van der Waals surface area contributed by atoms with E-state index in [4.69, 9.17) is 0 Å². The number of aromatic nitrogens is 2. The number of rotatable bonds is 4. The largest absolute Gasteiger partial charge is 0.296 e. The molecule has 94 valence electrons. The van der Waals surface area contributed by atoms with E-state index >= 15 is 0 Å². The second-order valence-corrected chi connectivity index (χ2v) is 5.91. The molecule has 1 aliphatic rings. The summed E-state index contributed by atoms with van der Waals surface area (Å²) in [5.41, 5.74) is 2.06. The molecule has 2 atom stereocenters. The van der Waals surface area contributed by atoms with Crippen molar-refractivity contribution in [3.8, 4) is 0 Å². The summed E-state index contributed by atoms with van der Waals surface area (Å²) < 4.78 is 0. The molecular weight excluding hydrogens is 230 g/mol. The second kappa shape index (κ2) is 5.83. The van der Waals surface area contributed by atoms with Crippen molar-refractivity contribution in [1.29, 1.82) is 0 Å². The minimum Gasteiger partial charge on any atom is -0.296 e. The van der Waals surface area contributed by atoms with Crippen LogP contribution in [0.5, 0.6) is 0 Å². The monoisotopic (exact) mass is 251 g/mol. The molecule has 0 amide bonds. The van der Waals surface area contributed by atoms with Crippen LogP contribution in [0.2, 0.25) is 0 Å². The molecule has 2 rings (SSSR count). The third-order valence-corrected chi connectivity index (χ3v) is 4.69. The fourth-order valence-electron chi connectivity index (χ4n) is 2.56. The Kier molecular flexibility index (Phi) is 4.40. The predicted octanol–water partition coefficient (Wildman–Crippen LogP) is 2.50. The van der Waals surface area contributed by atoms with Gasteiger partial charge in [0.05, 0.1) is 11.4 Å². The Labute approximate surface area is 108 Å². The molecule has 0 radical (unpaired) electrons. The van der Waals surface area contributed by atoms with Gasteiger partial charge >= 0.3 is 0 Å². The number of hydrogen-bond acceptors (Lipinski definition) is 4. The summed E-state index contributed by atoms with van der Waals surface area (Å²) in [5.74, 6) is 0. The summed E-state index contributed by atoms with van der Waals surface area (Å²) in [7, 11) is 2.21. The van der Waals surface area contributed by atoms with Gasteiger partial charge in [0, 0.05) is 30.2 Å². The van der Waals surface area contributed by atoms with E-state index in [1.807, 2.05) is 31.1 Å². The van der Waals surface area contributed by atoms with Gasteiger partial charge in [0.15, 0.2) is 0 Å². The third kappa shape index (κ3) is 3.19. The average Bonchev–Trinajstić information content (AvgIpc) is 2.80. The Morgan fingerprint density at radius 2 is 2.18 bits per heavy atom. The van der Waals surface area contributed by atoms with E-state index in [1.54, 1.807) is 0 Å². The zero-order chi connectivity index (χ0) is 12.3. The van der Waals surface area contributed by atoms with Crippen molar-refractivity contribution in [1.82, 2.24) is 14.9 Å². The zero-order valence-electron chi connectivity index (χ0n) is 10.9. The zero-order valence-corrected chi connectivity index (χ0v) is 11.7. The average molecular weight is 251 g/mol. The quantitative estimate of drug-likeness (QED) is 0.822. The first-order valence-electron chi connectivity index (χ1n) is 6.21. The van der Waals surface area contributed by atoms with Crippen LogP contribution < -0.4 is 0 Å². The highest BCUT2D eigenvalue weighted by Gasteiger charge is 2.29. The van der Waals surface area contributed by atoms with Gasteiger partial charge in [-0.15, -0.1) is 0 Å². The van der Waals surface area contributed by atoms with E-state index in [-0.39, 0.29) is 0 Å². The lowest BCUT2D eigenvalue weighted by molar-refractivity contribution is 0.239. The fourth-order valence-corrected chi connectivity index (χ4v) is 3.62. The Morgan fingerprint density at radius 3 is 2.82 bits per heavy atom. The summed E-state index contributed by atoms with van der Waals surface area (Å²) in [6.07, 6.45) is 10.0. The van der Waals surface area contributed by atoms with Crippen molar-refractivity contribution in [2.75, 3.05) is 13.3 Å². The van der Waals surface area contributed by atoms with Gasteiger partial charge in [-0.25, -0.2) is 0 Å². The molecule has 0 bridgehead atoms. The van der Waals surface area contributed by atoms with Crippen LogP contribution in [0.4, 0.5) is 0 Å². The Morgan fingerprint density at radius 1 is 1.35 bits per heavy atom. The lowest BCUT2D eigenvalue weighted by Crippen LogP contribution is -2.35. The fraction of sp³-hybridized carbons (Fsp3) is 0.692. The SMILES string of the molecule is CS[C@@H]1CCC[C@H]1N(C)Cc1cnc(C)cn1. The van der Waals surface area contributed by atoms with Crippen molar-refractivity contribution >= 4 is 11.8 Å². The van der Waals surface area contributed by atoms with Gasteiger partial charge in [0.25, 0.3) is 0 Å². The first-order valence-corrected chi connectivity index (χ1v) is 7.50. The van der Waals surface area contributed by atoms with Gasteiger partial charge in [-0.1, -0.05) is 6.42 Å². The van der Waals surface area contributed by atoms with E-state index in [1.165, 1.54) is 19.3 Å². The van der Waals surface area contributed by atoms with Gasteiger partial charge in [0.2, 0.25) is 0 Å². The van der Waals surface area contributed by atoms with Crippen LogP contribution in [0.15, 0.2) is 12.4 Å². The smallest absolute Gasteiger partial charge is 0.0727 e. The van der Waals surface area contributed by atoms with Gasteiger partial charge in [-0.2, -0.15) is 11.8 Å². The Balaban J connectivity index is 1.96. The molecule has 0 spiro atoms. The van der Waals surface area contributed by atoms with Gasteiger partial charge in [-0.3, -0.25) is 14.9 Å². The second-order valence-electron chi connectivity index (χ2n) is 4.84.